The first-order chi connectivity index (χ1) is 9.04. The van der Waals surface area contributed by atoms with Gasteiger partial charge >= 0.3 is 113 Å². The summed E-state index contributed by atoms with van der Waals surface area (Å²) in [6.45, 7) is 4.45. The van der Waals surface area contributed by atoms with E-state index in [2.05, 4.69) is 4.74 Å². The van der Waals surface area contributed by atoms with Crippen LogP contribution in [-0.2, 0) is 19.9 Å². The van der Waals surface area contributed by atoms with Crippen LogP contribution in [0.15, 0.2) is 24.3 Å². The third-order valence-corrected chi connectivity index (χ3v) is 4.88. The van der Waals surface area contributed by atoms with Crippen molar-refractivity contribution in [1.29, 1.82) is 0 Å². The van der Waals surface area contributed by atoms with Crippen molar-refractivity contribution in [3.63, 3.8) is 0 Å². The summed E-state index contributed by atoms with van der Waals surface area (Å²) in [4.78, 5) is 21.6. The predicted molar refractivity (Wildman–Crippen MR) is 75.3 cm³/mol. The Hall–Kier alpha value is -1.00. The van der Waals surface area contributed by atoms with Gasteiger partial charge in [-0.2, -0.15) is 0 Å². The van der Waals surface area contributed by atoms with Crippen LogP contribution in [0.4, 0.5) is 0 Å². The molecule has 0 aliphatic heterocycles. The van der Waals surface area contributed by atoms with Crippen molar-refractivity contribution in [2.45, 2.75) is 20.0 Å². The minimum absolute atomic E-state index is 0.329. The maximum atomic E-state index is 11.3. The van der Waals surface area contributed by atoms with E-state index in [4.69, 9.17) is 9.05 Å². The second kappa shape index (κ2) is 7.56. The molecule has 1 aromatic rings. The van der Waals surface area contributed by atoms with Crippen molar-refractivity contribution in [3.8, 4) is 0 Å². The zero-order valence-electron chi connectivity index (χ0n) is 11.5. The molecule has 0 fully saturated rings. The van der Waals surface area contributed by atoms with E-state index in [-0.39, 0.29) is 5.97 Å². The Balaban J connectivity index is 2.77. The van der Waals surface area contributed by atoms with Crippen LogP contribution in [0.5, 0.6) is 0 Å². The van der Waals surface area contributed by atoms with E-state index in [0.717, 1.165) is 5.56 Å². The van der Waals surface area contributed by atoms with Gasteiger partial charge in [0, 0.05) is 0 Å². The van der Waals surface area contributed by atoms with Gasteiger partial charge in [0.25, 0.3) is 0 Å². The van der Waals surface area contributed by atoms with E-state index >= 15 is 0 Å². The Labute approximate surface area is 114 Å². The van der Waals surface area contributed by atoms with Gasteiger partial charge < -0.3 is 0 Å². The zero-order valence-corrected chi connectivity index (χ0v) is 12.5. The number of rotatable bonds is 7. The molecule has 0 atom stereocenters. The second-order valence-electron chi connectivity index (χ2n) is 3.94. The molecule has 0 saturated carbocycles. The van der Waals surface area contributed by atoms with Crippen molar-refractivity contribution in [3.05, 3.63) is 35.4 Å². The summed E-state index contributed by atoms with van der Waals surface area (Å²) >= 11 is 0. The van der Waals surface area contributed by atoms with Crippen LogP contribution in [0, 0.1) is 0 Å². The Morgan fingerprint density at radius 1 is 1.16 bits per heavy atom. The number of esters is 1. The zero-order chi connectivity index (χ0) is 14.3. The number of hydrogen-bond acceptors (Lipinski definition) is 5. The van der Waals surface area contributed by atoms with E-state index < -0.39 is 7.94 Å². The minimum atomic E-state index is -3.16. The number of benzene rings is 1. The summed E-state index contributed by atoms with van der Waals surface area (Å²) < 4.78 is 15.3. The molecule has 0 aliphatic rings. The molecule has 0 saturated heterocycles. The van der Waals surface area contributed by atoms with Gasteiger partial charge in [0.05, 0.1) is 0 Å². The van der Waals surface area contributed by atoms with Gasteiger partial charge in [0.1, 0.15) is 0 Å². The summed E-state index contributed by atoms with van der Waals surface area (Å²) in [7, 11) is -1.82. The second-order valence-corrected chi connectivity index (χ2v) is 6.30. The van der Waals surface area contributed by atoms with Gasteiger partial charge in [-0.3, -0.25) is 0 Å². The quantitative estimate of drug-likeness (QED) is 0.617. The molecule has 0 heterocycles. The molecule has 1 aromatic carbocycles. The number of hydrogen-bond donors (Lipinski definition) is 1. The van der Waals surface area contributed by atoms with Crippen LogP contribution in [0.3, 0.4) is 0 Å². The number of carbonyl (C=O) groups excluding carboxylic acids is 1. The van der Waals surface area contributed by atoms with Gasteiger partial charge in [0.15, 0.2) is 0 Å². The summed E-state index contributed by atoms with van der Waals surface area (Å²) in [6, 6.07) is 6.85. The maximum absolute atomic E-state index is 11.3. The van der Waals surface area contributed by atoms with Crippen LogP contribution >= 0.6 is 7.94 Å². The Morgan fingerprint density at radius 3 is 2.11 bits per heavy atom. The van der Waals surface area contributed by atoms with E-state index in [1.54, 1.807) is 24.3 Å². The summed E-state index contributed by atoms with van der Waals surface area (Å²) in [5.41, 5.74) is 1.34. The fraction of sp³-hybridized carbons (Fsp3) is 0.462. The Bertz CT molecular complexity index is 398. The molecule has 0 unspecified atom stereocenters. The van der Waals surface area contributed by atoms with Gasteiger partial charge in [0.2, 0.25) is 0 Å². The van der Waals surface area contributed by atoms with Gasteiger partial charge in [-0.25, -0.2) is 0 Å². The van der Waals surface area contributed by atoms with Crippen molar-refractivity contribution in [2.24, 2.45) is 0 Å². The van der Waals surface area contributed by atoms with Crippen LogP contribution in [0.1, 0.15) is 29.8 Å². The molecular weight excluding hydrogens is 267 g/mol. The summed E-state index contributed by atoms with van der Waals surface area (Å²) in [5.74, 6) is -0.381. The van der Waals surface area contributed by atoms with E-state index in [9.17, 15) is 9.69 Å². The third kappa shape index (κ3) is 4.88. The van der Waals surface area contributed by atoms with Crippen LogP contribution in [-0.4, -0.2) is 31.2 Å². The molecule has 19 heavy (non-hydrogen) atoms. The van der Waals surface area contributed by atoms with Crippen molar-refractivity contribution >= 4 is 13.9 Å². The molecule has 1 N–H and O–H groups in total. The third-order valence-electron chi connectivity index (χ3n) is 2.54. The van der Waals surface area contributed by atoms with Crippen LogP contribution in [0.25, 0.3) is 0 Å². The summed E-state index contributed by atoms with van der Waals surface area (Å²) in [6.07, 6.45) is 0.329. The number of ether oxygens (including phenoxy) is 1. The fourth-order valence-electron chi connectivity index (χ4n) is 1.73. The Kier molecular flexibility index (Phi) is 6.38. The molecule has 1 rings (SSSR count). The van der Waals surface area contributed by atoms with Gasteiger partial charge in [-0.1, -0.05) is 0 Å². The van der Waals surface area contributed by atoms with Crippen molar-refractivity contribution < 1.29 is 23.5 Å². The molecule has 6 heteroatoms. The van der Waals surface area contributed by atoms with Gasteiger partial charge in [-0.15, -0.1) is 0 Å². The first-order valence-corrected chi connectivity index (χ1v) is 8.19. The standard InChI is InChI=1S/C13H21O5P/c1-4-17-19(15,18-5-2)10-11-6-8-12(9-7-11)13(14)16-3/h6-9,15,19H,4-5,10H2,1-3H3. The van der Waals surface area contributed by atoms with Crippen LogP contribution < -0.4 is 0 Å². The van der Waals surface area contributed by atoms with Gasteiger partial charge in [-0.05, 0) is 0 Å². The van der Waals surface area contributed by atoms with Crippen LogP contribution in [0.2, 0.25) is 0 Å². The van der Waals surface area contributed by atoms with E-state index in [1.807, 2.05) is 13.8 Å². The Morgan fingerprint density at radius 2 is 1.68 bits per heavy atom. The van der Waals surface area contributed by atoms with E-state index in [0.29, 0.717) is 24.9 Å². The average Bonchev–Trinajstić information content (AvgIpc) is 2.39. The molecule has 0 aliphatic carbocycles. The number of carbonyl (C=O) groups is 1. The molecular formula is C13H21O5P. The first-order valence-electron chi connectivity index (χ1n) is 6.22. The molecule has 0 amide bonds. The molecule has 0 spiro atoms. The summed E-state index contributed by atoms with van der Waals surface area (Å²) in [5, 5.41) is 0. The first kappa shape index (κ1) is 16.1. The average molecular weight is 288 g/mol. The predicted octanol–water partition coefficient (Wildman–Crippen LogP) is 2.53. The monoisotopic (exact) mass is 288 g/mol. The molecule has 0 aromatic heterocycles. The van der Waals surface area contributed by atoms with Crippen molar-refractivity contribution in [1.82, 2.24) is 0 Å². The normalized spacial score (nSPS) is 12.2. The van der Waals surface area contributed by atoms with E-state index in [1.165, 1.54) is 7.11 Å². The molecule has 108 valence electrons. The molecule has 0 bridgehead atoms. The molecule has 0 radical (unpaired) electrons. The van der Waals surface area contributed by atoms with Crippen molar-refractivity contribution in [2.75, 3.05) is 20.3 Å². The molecule has 5 nitrogen and oxygen atoms in total. The topological polar surface area (TPSA) is 65.0 Å². The SMILES string of the molecule is CCO[PH](O)(Cc1ccc(C(=O)OC)cc1)OCC. The fourth-order valence-corrected chi connectivity index (χ4v) is 3.67. The number of methoxy groups -OCH3 is 1.